The van der Waals surface area contributed by atoms with E-state index in [0.29, 0.717) is 24.1 Å². The van der Waals surface area contributed by atoms with Crippen molar-refractivity contribution < 1.29 is 14.3 Å². The van der Waals surface area contributed by atoms with E-state index in [9.17, 15) is 4.79 Å². The molecule has 1 aliphatic heterocycles. The summed E-state index contributed by atoms with van der Waals surface area (Å²) < 4.78 is 11.2. The quantitative estimate of drug-likeness (QED) is 0.792. The van der Waals surface area contributed by atoms with Crippen LogP contribution in [0.2, 0.25) is 5.15 Å². The molecule has 1 saturated heterocycles. The molecule has 0 N–H and O–H groups in total. The minimum absolute atomic E-state index is 0.0332. The van der Waals surface area contributed by atoms with Gasteiger partial charge in [0.2, 0.25) is 0 Å². The summed E-state index contributed by atoms with van der Waals surface area (Å²) in [6.45, 7) is 8.63. The van der Waals surface area contributed by atoms with Gasteiger partial charge in [-0.1, -0.05) is 11.6 Å². The van der Waals surface area contributed by atoms with Crippen LogP contribution in [-0.2, 0) is 4.74 Å². The topological polar surface area (TPSA) is 51.7 Å². The lowest BCUT2D eigenvalue weighted by Gasteiger charge is -2.28. The summed E-state index contributed by atoms with van der Waals surface area (Å²) in [6.07, 6.45) is 3.20. The number of amides is 1. The van der Waals surface area contributed by atoms with Crippen molar-refractivity contribution in [2.75, 3.05) is 13.2 Å². The molecule has 0 aliphatic carbocycles. The zero-order valence-corrected chi connectivity index (χ0v) is 14.3. The molecule has 1 atom stereocenters. The number of hydrogen-bond donors (Lipinski definition) is 0. The van der Waals surface area contributed by atoms with E-state index in [-0.39, 0.29) is 12.1 Å². The summed E-state index contributed by atoms with van der Waals surface area (Å²) in [6, 6.07) is 1.88. The summed E-state index contributed by atoms with van der Waals surface area (Å²) in [4.78, 5) is 18.0. The average molecular weight is 327 g/mol. The number of hydrogen-bond acceptors (Lipinski definition) is 4. The molecule has 0 unspecified atom stereocenters. The van der Waals surface area contributed by atoms with E-state index in [0.717, 1.165) is 18.4 Å². The van der Waals surface area contributed by atoms with E-state index < -0.39 is 5.60 Å². The Kier molecular flexibility index (Phi) is 5.16. The third-order valence-corrected chi connectivity index (χ3v) is 3.83. The Labute approximate surface area is 136 Å². The van der Waals surface area contributed by atoms with Crippen LogP contribution in [0.4, 0.5) is 4.79 Å². The molecule has 0 aromatic carbocycles. The molecule has 122 valence electrons. The third kappa shape index (κ3) is 4.50. The van der Waals surface area contributed by atoms with E-state index in [2.05, 4.69) is 4.98 Å². The Hall–Kier alpha value is -1.49. The fraction of sp³-hybridized carbons (Fsp3) is 0.625. The van der Waals surface area contributed by atoms with Gasteiger partial charge >= 0.3 is 6.09 Å². The summed E-state index contributed by atoms with van der Waals surface area (Å²) in [5.41, 5.74) is 0.386. The fourth-order valence-electron chi connectivity index (χ4n) is 2.37. The summed E-state index contributed by atoms with van der Waals surface area (Å²) >= 11 is 5.90. The monoisotopic (exact) mass is 326 g/mol. The highest BCUT2D eigenvalue weighted by Gasteiger charge is 2.32. The number of aryl methyl sites for hydroxylation is 1. The van der Waals surface area contributed by atoms with Gasteiger partial charge in [0.05, 0.1) is 12.2 Å². The van der Waals surface area contributed by atoms with Crippen LogP contribution in [0.25, 0.3) is 0 Å². The summed E-state index contributed by atoms with van der Waals surface area (Å²) in [7, 11) is 0. The molecule has 2 heterocycles. The van der Waals surface area contributed by atoms with Gasteiger partial charge < -0.3 is 14.4 Å². The van der Waals surface area contributed by atoms with Gasteiger partial charge in [-0.05, 0) is 52.2 Å². The molecule has 6 heteroatoms. The molecule has 1 amide bonds. The standard InChI is InChI=1S/C16H23ClN2O3/c1-11-8-13(9-18-14(11)17)21-10-12-6-5-7-19(12)15(20)22-16(2,3)4/h8-9,12H,5-7,10H2,1-4H3/t12-/m0/s1. The average Bonchev–Trinajstić information content (AvgIpc) is 2.87. The maximum Gasteiger partial charge on any atom is 0.410 e. The van der Waals surface area contributed by atoms with E-state index in [1.807, 2.05) is 33.8 Å². The lowest BCUT2D eigenvalue weighted by Crippen LogP contribution is -2.42. The van der Waals surface area contributed by atoms with Gasteiger partial charge in [0, 0.05) is 6.54 Å². The molecule has 5 nitrogen and oxygen atoms in total. The van der Waals surface area contributed by atoms with Crippen LogP contribution < -0.4 is 4.74 Å². The molecule has 0 saturated carbocycles. The number of likely N-dealkylation sites (tertiary alicyclic amines) is 1. The number of halogens is 1. The van der Waals surface area contributed by atoms with Gasteiger partial charge in [-0.25, -0.2) is 9.78 Å². The number of nitrogens with zero attached hydrogens (tertiary/aromatic N) is 2. The fourth-order valence-corrected chi connectivity index (χ4v) is 2.48. The van der Waals surface area contributed by atoms with Crippen molar-refractivity contribution in [3.8, 4) is 5.75 Å². The molecule has 1 fully saturated rings. The van der Waals surface area contributed by atoms with Crippen molar-refractivity contribution in [1.82, 2.24) is 9.88 Å². The smallest absolute Gasteiger partial charge is 0.410 e. The second-order valence-corrected chi connectivity index (χ2v) is 6.92. The zero-order valence-electron chi connectivity index (χ0n) is 13.6. The first kappa shape index (κ1) is 16.9. The SMILES string of the molecule is Cc1cc(OC[C@@H]2CCCN2C(=O)OC(C)(C)C)cnc1Cl. The molecule has 2 rings (SSSR count). The molecule has 0 radical (unpaired) electrons. The second-order valence-electron chi connectivity index (χ2n) is 6.56. The van der Waals surface area contributed by atoms with E-state index >= 15 is 0 Å². The Bertz CT molecular complexity index is 543. The van der Waals surface area contributed by atoms with Crippen LogP contribution in [0.3, 0.4) is 0 Å². The number of ether oxygens (including phenoxy) is 2. The molecular weight excluding hydrogens is 304 g/mol. The lowest BCUT2D eigenvalue weighted by molar-refractivity contribution is 0.0187. The third-order valence-electron chi connectivity index (χ3n) is 3.44. The second kappa shape index (κ2) is 6.73. The van der Waals surface area contributed by atoms with Crippen molar-refractivity contribution >= 4 is 17.7 Å². The first-order chi connectivity index (χ1) is 10.3. The summed E-state index contributed by atoms with van der Waals surface area (Å²) in [5.74, 6) is 0.665. The summed E-state index contributed by atoms with van der Waals surface area (Å²) in [5, 5.41) is 0.476. The van der Waals surface area contributed by atoms with Crippen molar-refractivity contribution in [2.45, 2.75) is 52.2 Å². The van der Waals surface area contributed by atoms with Crippen LogP contribution >= 0.6 is 11.6 Å². The zero-order chi connectivity index (χ0) is 16.3. The largest absolute Gasteiger partial charge is 0.490 e. The minimum Gasteiger partial charge on any atom is -0.490 e. The molecule has 1 aliphatic rings. The number of aromatic nitrogens is 1. The highest BCUT2D eigenvalue weighted by Crippen LogP contribution is 2.23. The Balaban J connectivity index is 1.93. The normalized spacial score (nSPS) is 18.4. The first-order valence-electron chi connectivity index (χ1n) is 7.51. The first-order valence-corrected chi connectivity index (χ1v) is 7.88. The minimum atomic E-state index is -0.484. The predicted octanol–water partition coefficient (Wildman–Crippen LogP) is 3.82. The molecular formula is C16H23ClN2O3. The number of pyridine rings is 1. The van der Waals surface area contributed by atoms with E-state index in [1.165, 1.54) is 0 Å². The Morgan fingerprint density at radius 3 is 2.86 bits per heavy atom. The van der Waals surface area contributed by atoms with Crippen LogP contribution in [0, 0.1) is 6.92 Å². The highest BCUT2D eigenvalue weighted by molar-refractivity contribution is 6.30. The highest BCUT2D eigenvalue weighted by atomic mass is 35.5. The van der Waals surface area contributed by atoms with Crippen molar-refractivity contribution in [3.05, 3.63) is 23.0 Å². The molecule has 1 aromatic heterocycles. The molecule has 0 spiro atoms. The Morgan fingerprint density at radius 1 is 1.50 bits per heavy atom. The van der Waals surface area contributed by atoms with Crippen LogP contribution in [0.5, 0.6) is 5.75 Å². The van der Waals surface area contributed by atoms with Crippen LogP contribution in [0.15, 0.2) is 12.3 Å². The van der Waals surface area contributed by atoms with Crippen LogP contribution in [-0.4, -0.2) is 40.8 Å². The lowest BCUT2D eigenvalue weighted by atomic mass is 10.2. The number of carbonyl (C=O) groups is 1. The Morgan fingerprint density at radius 2 is 2.23 bits per heavy atom. The van der Waals surface area contributed by atoms with Gasteiger partial charge in [-0.3, -0.25) is 0 Å². The van der Waals surface area contributed by atoms with Gasteiger partial charge in [-0.15, -0.1) is 0 Å². The van der Waals surface area contributed by atoms with E-state index in [1.54, 1.807) is 11.1 Å². The van der Waals surface area contributed by atoms with Crippen molar-refractivity contribution in [2.24, 2.45) is 0 Å². The van der Waals surface area contributed by atoms with Gasteiger partial charge in [0.1, 0.15) is 23.1 Å². The maximum absolute atomic E-state index is 12.2. The predicted molar refractivity (Wildman–Crippen MR) is 85.4 cm³/mol. The van der Waals surface area contributed by atoms with Crippen LogP contribution in [0.1, 0.15) is 39.2 Å². The molecule has 1 aromatic rings. The van der Waals surface area contributed by atoms with Gasteiger partial charge in [-0.2, -0.15) is 0 Å². The van der Waals surface area contributed by atoms with Gasteiger partial charge in [0.15, 0.2) is 0 Å². The van der Waals surface area contributed by atoms with E-state index in [4.69, 9.17) is 21.1 Å². The van der Waals surface area contributed by atoms with Crippen molar-refractivity contribution in [1.29, 1.82) is 0 Å². The molecule has 22 heavy (non-hydrogen) atoms. The van der Waals surface area contributed by atoms with Crippen molar-refractivity contribution in [3.63, 3.8) is 0 Å². The maximum atomic E-state index is 12.2. The van der Waals surface area contributed by atoms with Gasteiger partial charge in [0.25, 0.3) is 0 Å². The molecule has 0 bridgehead atoms. The number of carbonyl (C=O) groups excluding carboxylic acids is 1. The number of rotatable bonds is 3.